The Morgan fingerprint density at radius 3 is 2.04 bits per heavy atom. The van der Waals surface area contributed by atoms with Crippen molar-refractivity contribution in [3.05, 3.63) is 72.2 Å². The number of nitro groups is 2. The minimum absolute atomic E-state index is 0.271. The lowest BCUT2D eigenvalue weighted by molar-refractivity contribution is -0.393. The van der Waals surface area contributed by atoms with Crippen molar-refractivity contribution in [2.45, 2.75) is 0 Å². The number of benzene rings is 2. The van der Waals surface area contributed by atoms with E-state index in [1.165, 1.54) is 6.07 Å². The summed E-state index contributed by atoms with van der Waals surface area (Å²) in [5.74, 6) is -0.768. The fraction of sp³-hybridized carbons (Fsp3) is 0. The third-order valence-corrected chi connectivity index (χ3v) is 3.39. The molecule has 0 aliphatic rings. The standard InChI is InChI=1S/C13H7Cl2N3O5/c14-8-2-1-3-9(6-8)16-13(19)7-4-10(17(20)21)12(15)11(5-7)18(22)23/h1-6H,(H,16,19). The quantitative estimate of drug-likeness (QED) is 0.655. The summed E-state index contributed by atoms with van der Waals surface area (Å²) in [4.78, 5) is 32.2. The molecular formula is C13H7Cl2N3O5. The van der Waals surface area contributed by atoms with Crippen molar-refractivity contribution in [3.8, 4) is 0 Å². The normalized spacial score (nSPS) is 10.2. The number of anilines is 1. The van der Waals surface area contributed by atoms with Gasteiger partial charge in [0.15, 0.2) is 5.02 Å². The molecule has 8 nitrogen and oxygen atoms in total. The Hall–Kier alpha value is -2.71. The highest BCUT2D eigenvalue weighted by molar-refractivity contribution is 6.35. The maximum atomic E-state index is 12.1. The van der Waals surface area contributed by atoms with E-state index in [4.69, 9.17) is 23.2 Å². The van der Waals surface area contributed by atoms with Gasteiger partial charge in [-0.25, -0.2) is 0 Å². The van der Waals surface area contributed by atoms with Gasteiger partial charge >= 0.3 is 0 Å². The predicted molar refractivity (Wildman–Crippen MR) is 84.2 cm³/mol. The lowest BCUT2D eigenvalue weighted by Crippen LogP contribution is -2.13. The molecule has 10 heteroatoms. The van der Waals surface area contributed by atoms with Crippen molar-refractivity contribution < 1.29 is 14.6 Å². The zero-order valence-corrected chi connectivity index (χ0v) is 12.7. The van der Waals surface area contributed by atoms with Crippen LogP contribution in [0.15, 0.2) is 36.4 Å². The fourth-order valence-corrected chi connectivity index (χ4v) is 2.20. The van der Waals surface area contributed by atoms with Gasteiger partial charge in [0.25, 0.3) is 17.3 Å². The second kappa shape index (κ2) is 6.59. The summed E-state index contributed by atoms with van der Waals surface area (Å²) < 4.78 is 0. The third kappa shape index (κ3) is 3.74. The second-order valence-electron chi connectivity index (χ2n) is 4.31. The minimum Gasteiger partial charge on any atom is -0.322 e. The average molecular weight is 356 g/mol. The highest BCUT2D eigenvalue weighted by atomic mass is 35.5. The molecule has 0 bridgehead atoms. The van der Waals surface area contributed by atoms with Crippen LogP contribution in [-0.2, 0) is 0 Å². The summed E-state index contributed by atoms with van der Waals surface area (Å²) in [5.41, 5.74) is -1.38. The molecule has 0 aliphatic carbocycles. The summed E-state index contributed by atoms with van der Waals surface area (Å²) in [6.45, 7) is 0. The number of hydrogen-bond acceptors (Lipinski definition) is 5. The van der Waals surface area contributed by atoms with E-state index < -0.39 is 32.2 Å². The zero-order valence-electron chi connectivity index (χ0n) is 11.2. The van der Waals surface area contributed by atoms with E-state index in [9.17, 15) is 25.0 Å². The fourth-order valence-electron chi connectivity index (χ4n) is 1.76. The lowest BCUT2D eigenvalue weighted by Gasteiger charge is -2.06. The van der Waals surface area contributed by atoms with E-state index in [2.05, 4.69) is 5.32 Å². The Morgan fingerprint density at radius 2 is 1.57 bits per heavy atom. The van der Waals surface area contributed by atoms with Crippen LogP contribution in [0.3, 0.4) is 0 Å². The van der Waals surface area contributed by atoms with Crippen LogP contribution in [-0.4, -0.2) is 15.8 Å². The number of nitrogens with zero attached hydrogens (tertiary/aromatic N) is 2. The summed E-state index contributed by atoms with van der Waals surface area (Å²) >= 11 is 11.4. The molecular weight excluding hydrogens is 349 g/mol. The number of carbonyl (C=O) groups is 1. The summed E-state index contributed by atoms with van der Waals surface area (Å²) in [6.07, 6.45) is 0. The molecule has 23 heavy (non-hydrogen) atoms. The van der Waals surface area contributed by atoms with Crippen LogP contribution in [0.2, 0.25) is 10.0 Å². The molecule has 2 rings (SSSR count). The van der Waals surface area contributed by atoms with E-state index >= 15 is 0 Å². The molecule has 2 aromatic carbocycles. The molecule has 0 spiro atoms. The zero-order chi connectivity index (χ0) is 17.1. The van der Waals surface area contributed by atoms with E-state index in [0.717, 1.165) is 12.1 Å². The van der Waals surface area contributed by atoms with Crippen LogP contribution < -0.4 is 5.32 Å². The minimum atomic E-state index is -0.897. The van der Waals surface area contributed by atoms with Crippen LogP contribution >= 0.6 is 23.2 Å². The number of halogens is 2. The molecule has 0 heterocycles. The molecule has 118 valence electrons. The highest BCUT2D eigenvalue weighted by Gasteiger charge is 2.27. The first-order valence-electron chi connectivity index (χ1n) is 5.99. The van der Waals surface area contributed by atoms with E-state index in [0.29, 0.717) is 10.7 Å². The van der Waals surface area contributed by atoms with Crippen molar-refractivity contribution in [2.24, 2.45) is 0 Å². The first-order valence-corrected chi connectivity index (χ1v) is 6.74. The van der Waals surface area contributed by atoms with Gasteiger partial charge < -0.3 is 5.32 Å². The molecule has 1 amide bonds. The second-order valence-corrected chi connectivity index (χ2v) is 5.12. The first kappa shape index (κ1) is 16.7. The third-order valence-electron chi connectivity index (χ3n) is 2.77. The van der Waals surface area contributed by atoms with Crippen LogP contribution in [0.5, 0.6) is 0 Å². The number of carbonyl (C=O) groups excluding carboxylic acids is 1. The predicted octanol–water partition coefficient (Wildman–Crippen LogP) is 4.06. The van der Waals surface area contributed by atoms with Gasteiger partial charge in [-0.3, -0.25) is 25.0 Å². The Labute approximate surface area is 138 Å². The number of nitrogens with one attached hydrogen (secondary N) is 1. The molecule has 0 atom stereocenters. The number of nitro benzene ring substituents is 2. The monoisotopic (exact) mass is 355 g/mol. The summed E-state index contributed by atoms with van der Waals surface area (Å²) in [5, 5.41) is 24.0. The van der Waals surface area contributed by atoms with Crippen LogP contribution in [0.1, 0.15) is 10.4 Å². The van der Waals surface area contributed by atoms with Gasteiger partial charge in [0.05, 0.1) is 15.4 Å². The van der Waals surface area contributed by atoms with E-state index in [1.54, 1.807) is 18.2 Å². The molecule has 0 saturated carbocycles. The maximum Gasteiger partial charge on any atom is 0.295 e. The SMILES string of the molecule is O=C(Nc1cccc(Cl)c1)c1cc([N+](=O)[O-])c(Cl)c([N+](=O)[O-])c1. The van der Waals surface area contributed by atoms with Gasteiger partial charge in [0.2, 0.25) is 0 Å². The molecule has 0 unspecified atom stereocenters. The Kier molecular flexibility index (Phi) is 4.77. The summed E-state index contributed by atoms with van der Waals surface area (Å²) in [6, 6.07) is 7.92. The van der Waals surface area contributed by atoms with Crippen molar-refractivity contribution in [1.29, 1.82) is 0 Å². The van der Waals surface area contributed by atoms with Crippen LogP contribution in [0, 0.1) is 20.2 Å². The lowest BCUT2D eigenvalue weighted by atomic mass is 10.1. The Bertz CT molecular complexity index is 790. The maximum absolute atomic E-state index is 12.1. The van der Waals surface area contributed by atoms with Gasteiger partial charge in [-0.2, -0.15) is 0 Å². The molecule has 0 aromatic heterocycles. The van der Waals surface area contributed by atoms with Gasteiger partial charge in [-0.05, 0) is 18.2 Å². The molecule has 1 N–H and O–H groups in total. The van der Waals surface area contributed by atoms with Crippen molar-refractivity contribution in [2.75, 3.05) is 5.32 Å². The van der Waals surface area contributed by atoms with Crippen molar-refractivity contribution in [1.82, 2.24) is 0 Å². The Balaban J connectivity index is 2.44. The van der Waals surface area contributed by atoms with Crippen molar-refractivity contribution in [3.63, 3.8) is 0 Å². The van der Waals surface area contributed by atoms with Crippen LogP contribution in [0.4, 0.5) is 17.1 Å². The van der Waals surface area contributed by atoms with Gasteiger partial charge in [0.1, 0.15) is 0 Å². The first-order chi connectivity index (χ1) is 10.8. The van der Waals surface area contributed by atoms with Gasteiger partial charge in [0, 0.05) is 22.8 Å². The largest absolute Gasteiger partial charge is 0.322 e. The smallest absolute Gasteiger partial charge is 0.295 e. The number of rotatable bonds is 4. The van der Waals surface area contributed by atoms with E-state index in [-0.39, 0.29) is 5.56 Å². The molecule has 2 aromatic rings. The van der Waals surface area contributed by atoms with Gasteiger partial charge in [-0.1, -0.05) is 29.3 Å². The number of hydrogen-bond donors (Lipinski definition) is 1. The van der Waals surface area contributed by atoms with Crippen molar-refractivity contribution >= 4 is 46.2 Å². The Morgan fingerprint density at radius 1 is 1.00 bits per heavy atom. The molecule has 0 radical (unpaired) electrons. The topological polar surface area (TPSA) is 115 Å². The summed E-state index contributed by atoms with van der Waals surface area (Å²) in [7, 11) is 0. The van der Waals surface area contributed by atoms with Crippen LogP contribution in [0.25, 0.3) is 0 Å². The van der Waals surface area contributed by atoms with Gasteiger partial charge in [-0.15, -0.1) is 0 Å². The molecule has 0 saturated heterocycles. The van der Waals surface area contributed by atoms with E-state index in [1.807, 2.05) is 0 Å². The average Bonchev–Trinajstić information content (AvgIpc) is 2.46. The molecule has 0 fully saturated rings. The number of amides is 1. The highest BCUT2D eigenvalue weighted by Crippen LogP contribution is 2.35. The molecule has 0 aliphatic heterocycles.